The Labute approximate surface area is 276 Å². The maximum absolute atomic E-state index is 5.23. The van der Waals surface area contributed by atoms with E-state index in [0.717, 1.165) is 56.0 Å². The Bertz CT molecular complexity index is 2830. The van der Waals surface area contributed by atoms with Crippen molar-refractivity contribution in [1.29, 1.82) is 0 Å². The molecule has 0 N–H and O–H groups in total. The quantitative estimate of drug-likeness (QED) is 0.198. The standard InChI is InChI=1S/C44H28N4/c1-3-13-29(14-4-1)39-27-32(28-40(46-39)38-26-23-30-15-7-10-20-37(30)45-38)48-42-22-12-9-19-34(42)36-25-24-35-33-18-8-11-21-41(33)47(43(35)44(36)48)31-16-5-2-6-17-31/h1-28H. The molecule has 10 rings (SSSR count). The first-order valence-corrected chi connectivity index (χ1v) is 16.3. The zero-order valence-electron chi connectivity index (χ0n) is 26.0. The molecule has 0 saturated heterocycles. The fourth-order valence-corrected chi connectivity index (χ4v) is 7.36. The van der Waals surface area contributed by atoms with Gasteiger partial charge in [-0.15, -0.1) is 0 Å². The number of rotatable bonds is 4. The molecule has 0 radical (unpaired) electrons. The van der Waals surface area contributed by atoms with E-state index in [-0.39, 0.29) is 0 Å². The number of aromatic nitrogens is 4. The molecule has 48 heavy (non-hydrogen) atoms. The van der Waals surface area contributed by atoms with Crippen LogP contribution in [0.4, 0.5) is 0 Å². The Morgan fingerprint density at radius 2 is 0.917 bits per heavy atom. The van der Waals surface area contributed by atoms with Crippen LogP contribution in [0, 0.1) is 0 Å². The van der Waals surface area contributed by atoms with E-state index in [2.05, 4.69) is 161 Å². The minimum Gasteiger partial charge on any atom is -0.307 e. The van der Waals surface area contributed by atoms with Crippen LogP contribution < -0.4 is 0 Å². The lowest BCUT2D eigenvalue weighted by Crippen LogP contribution is -2.01. The number of benzene rings is 6. The summed E-state index contributed by atoms with van der Waals surface area (Å²) in [6, 6.07) is 60.1. The van der Waals surface area contributed by atoms with Crippen molar-refractivity contribution >= 4 is 54.5 Å². The zero-order chi connectivity index (χ0) is 31.6. The van der Waals surface area contributed by atoms with Crippen molar-refractivity contribution in [3.05, 3.63) is 170 Å². The van der Waals surface area contributed by atoms with E-state index in [1.807, 2.05) is 18.2 Å². The molecule has 4 heteroatoms. The van der Waals surface area contributed by atoms with Gasteiger partial charge < -0.3 is 9.13 Å². The van der Waals surface area contributed by atoms with Crippen LogP contribution in [-0.4, -0.2) is 19.1 Å². The van der Waals surface area contributed by atoms with Crippen LogP contribution in [0.1, 0.15) is 0 Å². The highest BCUT2D eigenvalue weighted by atomic mass is 15.0. The average Bonchev–Trinajstić information content (AvgIpc) is 3.68. The summed E-state index contributed by atoms with van der Waals surface area (Å²) in [6.45, 7) is 0. The third kappa shape index (κ3) is 4.03. The molecular weight excluding hydrogens is 585 g/mol. The molecule has 224 valence electrons. The summed E-state index contributed by atoms with van der Waals surface area (Å²) in [7, 11) is 0. The van der Waals surface area contributed by atoms with Gasteiger partial charge in [-0.3, -0.25) is 0 Å². The van der Waals surface area contributed by atoms with Crippen molar-refractivity contribution in [2.45, 2.75) is 0 Å². The maximum Gasteiger partial charge on any atom is 0.0914 e. The van der Waals surface area contributed by atoms with E-state index in [9.17, 15) is 0 Å². The third-order valence-electron chi connectivity index (χ3n) is 9.48. The SMILES string of the molecule is c1ccc(-c2cc(-n3c4ccccc4c4ccc5c6ccccc6n(-c6ccccc6)c5c43)cc(-c3ccc4ccccc4n3)n2)cc1. The van der Waals surface area contributed by atoms with Gasteiger partial charge in [0.1, 0.15) is 0 Å². The van der Waals surface area contributed by atoms with E-state index in [1.54, 1.807) is 0 Å². The minimum absolute atomic E-state index is 0.832. The topological polar surface area (TPSA) is 35.6 Å². The fourth-order valence-electron chi connectivity index (χ4n) is 7.36. The van der Waals surface area contributed by atoms with Crippen molar-refractivity contribution in [2.24, 2.45) is 0 Å². The van der Waals surface area contributed by atoms with E-state index >= 15 is 0 Å². The van der Waals surface area contributed by atoms with Gasteiger partial charge in [0.2, 0.25) is 0 Å². The summed E-state index contributed by atoms with van der Waals surface area (Å²) in [5, 5.41) is 5.99. The molecule has 4 heterocycles. The van der Waals surface area contributed by atoms with Crippen molar-refractivity contribution in [2.75, 3.05) is 0 Å². The van der Waals surface area contributed by atoms with Gasteiger partial charge in [-0.1, -0.05) is 121 Å². The van der Waals surface area contributed by atoms with Gasteiger partial charge >= 0.3 is 0 Å². The largest absolute Gasteiger partial charge is 0.307 e. The molecule has 0 atom stereocenters. The van der Waals surface area contributed by atoms with Gasteiger partial charge in [0.25, 0.3) is 0 Å². The van der Waals surface area contributed by atoms with Gasteiger partial charge in [-0.2, -0.15) is 0 Å². The number of para-hydroxylation sites is 4. The normalized spacial score (nSPS) is 11.8. The summed E-state index contributed by atoms with van der Waals surface area (Å²) < 4.78 is 4.86. The first kappa shape index (κ1) is 26.7. The molecule has 0 fully saturated rings. The van der Waals surface area contributed by atoms with Crippen LogP contribution in [0.15, 0.2) is 170 Å². The summed E-state index contributed by atoms with van der Waals surface area (Å²) in [5.74, 6) is 0. The van der Waals surface area contributed by atoms with E-state index in [0.29, 0.717) is 0 Å². The highest BCUT2D eigenvalue weighted by molar-refractivity contribution is 6.23. The van der Waals surface area contributed by atoms with E-state index in [4.69, 9.17) is 9.97 Å². The Balaban J connectivity index is 1.36. The molecule has 0 aliphatic carbocycles. The summed E-state index contributed by atoms with van der Waals surface area (Å²) in [6.07, 6.45) is 0. The van der Waals surface area contributed by atoms with Crippen molar-refractivity contribution in [1.82, 2.24) is 19.1 Å². The number of hydrogen-bond donors (Lipinski definition) is 0. The van der Waals surface area contributed by atoms with Crippen LogP contribution in [0.5, 0.6) is 0 Å². The van der Waals surface area contributed by atoms with Crippen LogP contribution in [0.3, 0.4) is 0 Å². The predicted molar refractivity (Wildman–Crippen MR) is 199 cm³/mol. The van der Waals surface area contributed by atoms with Crippen LogP contribution in [0.2, 0.25) is 0 Å². The molecular formula is C44H28N4. The van der Waals surface area contributed by atoms with Crippen molar-refractivity contribution in [3.63, 3.8) is 0 Å². The van der Waals surface area contributed by atoms with Gasteiger partial charge in [0.05, 0.1) is 50.4 Å². The Morgan fingerprint density at radius 3 is 1.62 bits per heavy atom. The molecule has 10 aromatic rings. The zero-order valence-corrected chi connectivity index (χ0v) is 26.0. The molecule has 0 aliphatic heterocycles. The van der Waals surface area contributed by atoms with Crippen LogP contribution in [0.25, 0.3) is 88.5 Å². The summed E-state index contributed by atoms with van der Waals surface area (Å²) in [5.41, 5.74) is 11.4. The third-order valence-corrected chi connectivity index (χ3v) is 9.48. The summed E-state index contributed by atoms with van der Waals surface area (Å²) >= 11 is 0. The summed E-state index contributed by atoms with van der Waals surface area (Å²) in [4.78, 5) is 10.3. The highest BCUT2D eigenvalue weighted by Crippen LogP contribution is 2.42. The van der Waals surface area contributed by atoms with Gasteiger partial charge in [-0.05, 0) is 48.5 Å². The smallest absolute Gasteiger partial charge is 0.0914 e. The van der Waals surface area contributed by atoms with Gasteiger partial charge in [0.15, 0.2) is 0 Å². The Hall–Kier alpha value is -6.52. The Morgan fingerprint density at radius 1 is 0.354 bits per heavy atom. The van der Waals surface area contributed by atoms with E-state index < -0.39 is 0 Å². The molecule has 0 saturated carbocycles. The molecule has 4 aromatic heterocycles. The number of fused-ring (bicyclic) bond motifs is 8. The predicted octanol–water partition coefficient (Wildman–Crippen LogP) is 11.2. The molecule has 0 aliphatic rings. The first-order chi connectivity index (χ1) is 23.8. The van der Waals surface area contributed by atoms with Crippen molar-refractivity contribution < 1.29 is 0 Å². The molecule has 6 aromatic carbocycles. The maximum atomic E-state index is 5.23. The fraction of sp³-hybridized carbons (Fsp3) is 0. The lowest BCUT2D eigenvalue weighted by molar-refractivity contribution is 1.14. The second kappa shape index (κ2) is 10.5. The monoisotopic (exact) mass is 612 g/mol. The molecule has 4 nitrogen and oxygen atoms in total. The van der Waals surface area contributed by atoms with E-state index in [1.165, 1.54) is 32.6 Å². The van der Waals surface area contributed by atoms with Gasteiger partial charge in [-0.25, -0.2) is 9.97 Å². The molecule has 0 bridgehead atoms. The number of pyridine rings is 2. The molecule has 0 unspecified atom stereocenters. The molecule has 0 amide bonds. The van der Waals surface area contributed by atoms with Crippen LogP contribution in [-0.2, 0) is 0 Å². The van der Waals surface area contributed by atoms with Gasteiger partial charge in [0, 0.05) is 38.2 Å². The Kier molecular flexibility index (Phi) is 5.84. The number of hydrogen-bond acceptors (Lipinski definition) is 2. The lowest BCUT2D eigenvalue weighted by Gasteiger charge is -2.15. The van der Waals surface area contributed by atoms with Crippen molar-refractivity contribution in [3.8, 4) is 34.0 Å². The molecule has 0 spiro atoms. The minimum atomic E-state index is 0.832. The number of nitrogens with zero attached hydrogens (tertiary/aromatic N) is 4. The lowest BCUT2D eigenvalue weighted by atomic mass is 10.1. The second-order valence-electron chi connectivity index (χ2n) is 12.2. The first-order valence-electron chi connectivity index (χ1n) is 16.3. The van der Waals surface area contributed by atoms with Crippen LogP contribution >= 0.6 is 0 Å². The average molecular weight is 613 g/mol. The highest BCUT2D eigenvalue weighted by Gasteiger charge is 2.22. The second-order valence-corrected chi connectivity index (χ2v) is 12.2.